The lowest BCUT2D eigenvalue weighted by atomic mass is 9.53. The molecule has 1 fully saturated rings. The number of methoxy groups -OCH3 is 1. The molecule has 142 valence electrons. The Hall–Kier alpha value is -1.88. The van der Waals surface area contributed by atoms with Crippen LogP contribution in [0.25, 0.3) is 0 Å². The van der Waals surface area contributed by atoms with Gasteiger partial charge in [0.1, 0.15) is 17.1 Å². The minimum absolute atomic E-state index is 0.00412. The molecular weight excluding hydrogens is 332 g/mol. The largest absolute Gasteiger partial charge is 0.497 e. The Kier molecular flexibility index (Phi) is 4.42. The van der Waals surface area contributed by atoms with Crippen LogP contribution in [0.3, 0.4) is 0 Å². The van der Waals surface area contributed by atoms with Gasteiger partial charge in [-0.05, 0) is 70.2 Å². The molecule has 0 amide bonds. The van der Waals surface area contributed by atoms with Crippen LogP contribution in [0, 0.1) is 5.92 Å². The molecule has 2 bridgehead atoms. The second-order valence-corrected chi connectivity index (χ2v) is 8.85. The summed E-state index contributed by atoms with van der Waals surface area (Å²) in [6.45, 7) is 7.17. The summed E-state index contributed by atoms with van der Waals surface area (Å²) in [7, 11) is 1.58. The Morgan fingerprint density at radius 2 is 2.00 bits per heavy atom. The van der Waals surface area contributed by atoms with Crippen LogP contribution >= 0.6 is 0 Å². The fraction of sp³-hybridized carbons (Fsp3) is 0.619. The van der Waals surface area contributed by atoms with E-state index in [1.807, 2.05) is 39.0 Å². The Bertz CT molecular complexity index is 743. The van der Waals surface area contributed by atoms with Crippen LogP contribution in [0.1, 0.15) is 58.1 Å². The molecule has 0 spiro atoms. The third-order valence-electron chi connectivity index (χ3n) is 5.72. The topological polar surface area (TPSA) is 72.8 Å². The summed E-state index contributed by atoms with van der Waals surface area (Å²) >= 11 is 0. The molecule has 0 aromatic heterocycles. The molecule has 5 heteroatoms. The maximum absolute atomic E-state index is 13.4. The van der Waals surface area contributed by atoms with E-state index in [-0.39, 0.29) is 18.2 Å². The molecule has 0 heterocycles. The summed E-state index contributed by atoms with van der Waals surface area (Å²) in [6, 6.07) is 5.67. The number of fused-ring (bicyclic) bond motifs is 4. The fourth-order valence-corrected chi connectivity index (χ4v) is 4.38. The predicted molar refractivity (Wildman–Crippen MR) is 97.2 cm³/mol. The van der Waals surface area contributed by atoms with Crippen molar-refractivity contribution in [3.8, 4) is 5.75 Å². The summed E-state index contributed by atoms with van der Waals surface area (Å²) in [6.07, 6.45) is 1.38. The molecular formula is C21H28O5. The number of ether oxygens (including phenoxy) is 2. The van der Waals surface area contributed by atoms with Gasteiger partial charge < -0.3 is 14.6 Å². The highest BCUT2D eigenvalue weighted by molar-refractivity contribution is 5.99. The summed E-state index contributed by atoms with van der Waals surface area (Å²) in [5, 5.41) is 10.8. The monoisotopic (exact) mass is 360 g/mol. The summed E-state index contributed by atoms with van der Waals surface area (Å²) < 4.78 is 10.9. The van der Waals surface area contributed by atoms with E-state index in [9.17, 15) is 14.7 Å². The van der Waals surface area contributed by atoms with E-state index in [1.54, 1.807) is 14.0 Å². The molecule has 2 aliphatic rings. The molecule has 1 aromatic rings. The zero-order valence-corrected chi connectivity index (χ0v) is 16.2. The lowest BCUT2D eigenvalue weighted by Crippen LogP contribution is -2.58. The van der Waals surface area contributed by atoms with Crippen molar-refractivity contribution in [2.24, 2.45) is 5.92 Å². The number of hydrogen-bond acceptors (Lipinski definition) is 5. The minimum atomic E-state index is -1.05. The van der Waals surface area contributed by atoms with E-state index in [2.05, 4.69) is 0 Å². The number of benzene rings is 1. The molecule has 1 N–H and O–H groups in total. The highest BCUT2D eigenvalue weighted by Crippen LogP contribution is 2.52. The van der Waals surface area contributed by atoms with Crippen LogP contribution in [0.4, 0.5) is 0 Å². The molecule has 0 aliphatic heterocycles. The van der Waals surface area contributed by atoms with Crippen molar-refractivity contribution < 1.29 is 24.2 Å². The van der Waals surface area contributed by atoms with Gasteiger partial charge in [0, 0.05) is 0 Å². The molecule has 3 atom stereocenters. The molecule has 0 radical (unpaired) electrons. The smallest absolute Gasteiger partial charge is 0.307 e. The average molecular weight is 360 g/mol. The van der Waals surface area contributed by atoms with Crippen LogP contribution in [0.2, 0.25) is 0 Å². The number of Topliss-reactive ketones (excluding diaryl/α,β-unsaturated/α-hetero) is 1. The number of hydrogen-bond donors (Lipinski definition) is 1. The normalized spacial score (nSPS) is 30.5. The van der Waals surface area contributed by atoms with Crippen molar-refractivity contribution in [1.82, 2.24) is 0 Å². The Morgan fingerprint density at radius 1 is 1.31 bits per heavy atom. The zero-order chi connectivity index (χ0) is 19.3. The van der Waals surface area contributed by atoms with Gasteiger partial charge in [0.2, 0.25) is 0 Å². The first-order valence-corrected chi connectivity index (χ1v) is 9.14. The predicted octanol–water partition coefficient (Wildman–Crippen LogP) is 2.95. The van der Waals surface area contributed by atoms with Gasteiger partial charge in [-0.2, -0.15) is 0 Å². The quantitative estimate of drug-likeness (QED) is 0.839. The van der Waals surface area contributed by atoms with Crippen LogP contribution in [-0.4, -0.2) is 35.2 Å². The Balaban J connectivity index is 2.08. The zero-order valence-electron chi connectivity index (χ0n) is 16.2. The van der Waals surface area contributed by atoms with Gasteiger partial charge in [0.25, 0.3) is 0 Å². The molecule has 5 nitrogen and oxygen atoms in total. The van der Waals surface area contributed by atoms with E-state index in [0.717, 1.165) is 11.1 Å². The summed E-state index contributed by atoms with van der Waals surface area (Å²) in [5.74, 6) is -0.280. The first-order valence-electron chi connectivity index (χ1n) is 9.14. The number of esters is 1. The standard InChI is InChI=1S/C21H28O5/c1-19(2,3)26-17(22)12-21-9-8-20(4,24)16(18(21)23)10-13-6-7-14(25-5)11-15(13)21/h6-7,11,16,24H,8-10,12H2,1-5H3/t16-,20?,21-/m0/s1. The van der Waals surface area contributed by atoms with E-state index >= 15 is 0 Å². The SMILES string of the molecule is COc1ccc2c(c1)[C@@]1(CC(=O)OC(C)(C)C)CCC(C)(O)[C@@H](C2)C1=O. The average Bonchev–Trinajstić information content (AvgIpc) is 2.52. The van der Waals surface area contributed by atoms with Crippen molar-refractivity contribution in [3.63, 3.8) is 0 Å². The molecule has 1 saturated carbocycles. The molecule has 26 heavy (non-hydrogen) atoms. The second kappa shape index (κ2) is 6.08. The van der Waals surface area contributed by atoms with Gasteiger partial charge in [-0.3, -0.25) is 9.59 Å². The van der Waals surface area contributed by atoms with Crippen molar-refractivity contribution >= 4 is 11.8 Å². The van der Waals surface area contributed by atoms with Crippen molar-refractivity contribution in [3.05, 3.63) is 29.3 Å². The number of carbonyl (C=O) groups excluding carboxylic acids is 2. The maximum atomic E-state index is 13.4. The van der Waals surface area contributed by atoms with Crippen molar-refractivity contribution in [2.45, 2.75) is 70.0 Å². The van der Waals surface area contributed by atoms with E-state index in [0.29, 0.717) is 25.0 Å². The second-order valence-electron chi connectivity index (χ2n) is 8.85. The van der Waals surface area contributed by atoms with Crippen LogP contribution in [-0.2, 0) is 26.2 Å². The molecule has 1 aromatic carbocycles. The number of ketones is 1. The number of rotatable bonds is 3. The van der Waals surface area contributed by atoms with Crippen LogP contribution in [0.5, 0.6) is 5.75 Å². The van der Waals surface area contributed by atoms with Crippen LogP contribution < -0.4 is 4.74 Å². The minimum Gasteiger partial charge on any atom is -0.497 e. The van der Waals surface area contributed by atoms with Gasteiger partial charge >= 0.3 is 5.97 Å². The Labute approximate surface area is 154 Å². The van der Waals surface area contributed by atoms with E-state index < -0.39 is 22.5 Å². The number of aliphatic hydroxyl groups is 1. The van der Waals surface area contributed by atoms with Gasteiger partial charge in [-0.25, -0.2) is 0 Å². The van der Waals surface area contributed by atoms with Gasteiger partial charge in [-0.15, -0.1) is 0 Å². The van der Waals surface area contributed by atoms with E-state index in [4.69, 9.17) is 9.47 Å². The number of carbonyl (C=O) groups is 2. The first-order chi connectivity index (χ1) is 12.0. The highest BCUT2D eigenvalue weighted by atomic mass is 16.6. The van der Waals surface area contributed by atoms with Crippen molar-refractivity contribution in [2.75, 3.05) is 7.11 Å². The molecule has 1 unspecified atom stereocenters. The lowest BCUT2D eigenvalue weighted by Gasteiger charge is -2.50. The summed E-state index contributed by atoms with van der Waals surface area (Å²) in [4.78, 5) is 26.0. The van der Waals surface area contributed by atoms with Gasteiger partial charge in [0.15, 0.2) is 0 Å². The third kappa shape index (κ3) is 3.13. The van der Waals surface area contributed by atoms with Gasteiger partial charge in [-0.1, -0.05) is 6.07 Å². The first kappa shape index (κ1) is 18.9. The maximum Gasteiger partial charge on any atom is 0.307 e. The third-order valence-corrected chi connectivity index (χ3v) is 5.72. The van der Waals surface area contributed by atoms with Gasteiger partial charge in [0.05, 0.1) is 30.5 Å². The van der Waals surface area contributed by atoms with Crippen molar-refractivity contribution in [1.29, 1.82) is 0 Å². The lowest BCUT2D eigenvalue weighted by molar-refractivity contribution is -0.163. The highest BCUT2D eigenvalue weighted by Gasteiger charge is 2.58. The molecule has 0 saturated heterocycles. The Morgan fingerprint density at radius 3 is 2.62 bits per heavy atom. The summed E-state index contributed by atoms with van der Waals surface area (Å²) in [5.41, 5.74) is -0.760. The molecule has 3 rings (SSSR count). The van der Waals surface area contributed by atoms with Crippen LogP contribution in [0.15, 0.2) is 18.2 Å². The molecule has 2 aliphatic carbocycles. The van der Waals surface area contributed by atoms with E-state index in [1.165, 1.54) is 0 Å². The fourth-order valence-electron chi connectivity index (χ4n) is 4.38.